The van der Waals surface area contributed by atoms with Gasteiger partial charge < -0.3 is 14.8 Å². The van der Waals surface area contributed by atoms with Gasteiger partial charge in [-0.1, -0.05) is 17.7 Å². The van der Waals surface area contributed by atoms with Crippen LogP contribution >= 0.6 is 23.8 Å². The van der Waals surface area contributed by atoms with Crippen molar-refractivity contribution in [2.24, 2.45) is 0 Å². The molecule has 3 aromatic rings. The Hall–Kier alpha value is -3.42. The van der Waals surface area contributed by atoms with Gasteiger partial charge in [-0.2, -0.15) is 0 Å². The van der Waals surface area contributed by atoms with Crippen molar-refractivity contribution in [3.8, 4) is 11.3 Å². The van der Waals surface area contributed by atoms with E-state index in [0.29, 0.717) is 22.2 Å². The maximum absolute atomic E-state index is 12.0. The monoisotopic (exact) mass is 426 g/mol. The molecule has 146 valence electrons. The zero-order valence-electron chi connectivity index (χ0n) is 14.9. The van der Waals surface area contributed by atoms with Crippen molar-refractivity contribution in [1.82, 2.24) is 5.32 Å². The number of benzene rings is 2. The summed E-state index contributed by atoms with van der Waals surface area (Å²) in [6, 6.07) is 16.8. The fraction of sp³-hybridized carbons (Fsp3) is 0. The molecule has 0 radical (unpaired) electrons. The lowest BCUT2D eigenvalue weighted by molar-refractivity contribution is -0.115. The zero-order chi connectivity index (χ0) is 20.8. The van der Waals surface area contributed by atoms with E-state index < -0.39 is 11.9 Å². The summed E-state index contributed by atoms with van der Waals surface area (Å²) in [5.74, 6) is -0.361. The number of carbonyl (C=O) groups excluding carboxylic acids is 1. The number of rotatable bonds is 5. The first-order valence-corrected chi connectivity index (χ1v) is 9.18. The predicted octanol–water partition coefficient (Wildman–Crippen LogP) is 4.82. The molecule has 8 heteroatoms. The summed E-state index contributed by atoms with van der Waals surface area (Å²) in [5.41, 5.74) is 1.43. The van der Waals surface area contributed by atoms with E-state index in [1.807, 2.05) is 12.1 Å². The first kappa shape index (κ1) is 20.3. The Bertz CT molecular complexity index is 1090. The van der Waals surface area contributed by atoms with Crippen LogP contribution in [-0.4, -0.2) is 22.1 Å². The first-order chi connectivity index (χ1) is 13.9. The molecule has 0 aliphatic carbocycles. The molecule has 0 fully saturated rings. The van der Waals surface area contributed by atoms with Crippen LogP contribution in [0.3, 0.4) is 0 Å². The molecule has 29 heavy (non-hydrogen) atoms. The molecule has 3 N–H and O–H groups in total. The lowest BCUT2D eigenvalue weighted by atomic mass is 10.2. The summed E-state index contributed by atoms with van der Waals surface area (Å²) in [5, 5.41) is 14.9. The lowest BCUT2D eigenvalue weighted by Crippen LogP contribution is -2.32. The van der Waals surface area contributed by atoms with Crippen LogP contribution in [0, 0.1) is 0 Å². The van der Waals surface area contributed by atoms with Crippen LogP contribution < -0.4 is 10.6 Å². The standard InChI is InChI=1S/C21H15ClN2O4S/c22-15-6-4-13(5-7-15)18-10-8-17(28-18)9-11-19(25)24-21(29)23-16-3-1-2-14(12-16)20(26)27/h1-12H,(H,26,27)(H2,23,24,25,29)/b11-9+. The van der Waals surface area contributed by atoms with E-state index in [2.05, 4.69) is 10.6 Å². The fourth-order valence-corrected chi connectivity index (χ4v) is 2.76. The van der Waals surface area contributed by atoms with E-state index in [0.717, 1.165) is 5.56 Å². The van der Waals surface area contributed by atoms with E-state index in [4.69, 9.17) is 33.3 Å². The third kappa shape index (κ3) is 5.78. The van der Waals surface area contributed by atoms with Gasteiger partial charge in [-0.3, -0.25) is 10.1 Å². The molecule has 0 aliphatic heterocycles. The highest BCUT2D eigenvalue weighted by atomic mass is 35.5. The van der Waals surface area contributed by atoms with E-state index >= 15 is 0 Å². The molecule has 2 aromatic carbocycles. The van der Waals surface area contributed by atoms with E-state index in [9.17, 15) is 9.59 Å². The number of hydrogen-bond donors (Lipinski definition) is 3. The topological polar surface area (TPSA) is 91.6 Å². The number of carboxylic acids is 1. The van der Waals surface area contributed by atoms with Crippen LogP contribution in [0.4, 0.5) is 5.69 Å². The molecule has 0 bridgehead atoms. The number of furan rings is 1. The molecule has 3 rings (SSSR count). The van der Waals surface area contributed by atoms with Gasteiger partial charge in [0.25, 0.3) is 0 Å². The molecule has 0 unspecified atom stereocenters. The lowest BCUT2D eigenvalue weighted by Gasteiger charge is -2.08. The molecule has 6 nitrogen and oxygen atoms in total. The van der Waals surface area contributed by atoms with Gasteiger partial charge in [0.1, 0.15) is 11.5 Å². The average molecular weight is 427 g/mol. The van der Waals surface area contributed by atoms with Crippen LogP contribution in [0.15, 0.2) is 71.2 Å². The second kappa shape index (κ2) is 9.18. The van der Waals surface area contributed by atoms with Gasteiger partial charge in [0.05, 0.1) is 5.56 Å². The number of thiocarbonyl (C=S) groups is 1. The molecule has 1 heterocycles. The molecule has 1 amide bonds. The van der Waals surface area contributed by atoms with E-state index in [-0.39, 0.29) is 10.7 Å². The summed E-state index contributed by atoms with van der Waals surface area (Å²) in [7, 11) is 0. The smallest absolute Gasteiger partial charge is 0.335 e. The van der Waals surface area contributed by atoms with Gasteiger partial charge >= 0.3 is 5.97 Å². The highest BCUT2D eigenvalue weighted by molar-refractivity contribution is 7.80. The van der Waals surface area contributed by atoms with Gasteiger partial charge in [0.15, 0.2) is 5.11 Å². The minimum Gasteiger partial charge on any atom is -0.478 e. The summed E-state index contributed by atoms with van der Waals surface area (Å²) in [6.45, 7) is 0. The Kier molecular flexibility index (Phi) is 6.43. The van der Waals surface area contributed by atoms with Crippen molar-refractivity contribution in [3.05, 3.63) is 83.1 Å². The third-order valence-corrected chi connectivity index (χ3v) is 4.21. The highest BCUT2D eigenvalue weighted by Gasteiger charge is 2.07. The van der Waals surface area contributed by atoms with Crippen LogP contribution in [0.25, 0.3) is 17.4 Å². The molecule has 0 spiro atoms. The molecule has 1 aromatic heterocycles. The molecule has 0 saturated carbocycles. The van der Waals surface area contributed by atoms with Crippen LogP contribution in [-0.2, 0) is 4.79 Å². The third-order valence-electron chi connectivity index (χ3n) is 3.76. The van der Waals surface area contributed by atoms with E-state index in [1.54, 1.807) is 36.4 Å². The number of anilines is 1. The number of carboxylic acid groups (broad SMARTS) is 1. The second-order valence-electron chi connectivity index (χ2n) is 5.87. The maximum Gasteiger partial charge on any atom is 0.335 e. The highest BCUT2D eigenvalue weighted by Crippen LogP contribution is 2.24. The Balaban J connectivity index is 1.57. The Morgan fingerprint density at radius 3 is 2.55 bits per heavy atom. The van der Waals surface area contributed by atoms with Gasteiger partial charge in [-0.05, 0) is 72.9 Å². The molecular weight excluding hydrogens is 412 g/mol. The number of aromatic carboxylic acids is 1. The van der Waals surface area contributed by atoms with Gasteiger partial charge in [0, 0.05) is 22.3 Å². The minimum atomic E-state index is -1.05. The van der Waals surface area contributed by atoms with Crippen molar-refractivity contribution in [2.75, 3.05) is 5.32 Å². The van der Waals surface area contributed by atoms with Gasteiger partial charge in [0.2, 0.25) is 5.91 Å². The zero-order valence-corrected chi connectivity index (χ0v) is 16.5. The number of carbonyl (C=O) groups is 2. The van der Waals surface area contributed by atoms with Crippen LogP contribution in [0.2, 0.25) is 5.02 Å². The van der Waals surface area contributed by atoms with Crippen LogP contribution in [0.5, 0.6) is 0 Å². The number of nitrogens with one attached hydrogen (secondary N) is 2. The molecular formula is C21H15ClN2O4S. The van der Waals surface area contributed by atoms with Crippen molar-refractivity contribution in [3.63, 3.8) is 0 Å². The minimum absolute atomic E-state index is 0.0449. The average Bonchev–Trinajstić information content (AvgIpc) is 3.16. The first-order valence-electron chi connectivity index (χ1n) is 8.40. The maximum atomic E-state index is 12.0. The quantitative estimate of drug-likeness (QED) is 0.400. The molecule has 0 atom stereocenters. The predicted molar refractivity (Wildman–Crippen MR) is 116 cm³/mol. The van der Waals surface area contributed by atoms with Gasteiger partial charge in [-0.25, -0.2) is 4.79 Å². The van der Waals surface area contributed by atoms with Gasteiger partial charge in [-0.15, -0.1) is 0 Å². The number of halogens is 1. The molecule has 0 aliphatic rings. The number of amides is 1. The van der Waals surface area contributed by atoms with Crippen molar-refractivity contribution in [1.29, 1.82) is 0 Å². The summed E-state index contributed by atoms with van der Waals surface area (Å²) < 4.78 is 5.68. The Morgan fingerprint density at radius 2 is 1.83 bits per heavy atom. The van der Waals surface area contributed by atoms with Crippen LogP contribution in [0.1, 0.15) is 16.1 Å². The number of hydrogen-bond acceptors (Lipinski definition) is 4. The van der Waals surface area contributed by atoms with E-state index in [1.165, 1.54) is 24.3 Å². The largest absolute Gasteiger partial charge is 0.478 e. The summed E-state index contributed by atoms with van der Waals surface area (Å²) in [4.78, 5) is 23.0. The SMILES string of the molecule is O=C(/C=C/c1ccc(-c2ccc(Cl)cc2)o1)NC(=S)Nc1cccc(C(=O)O)c1. The Labute approximate surface area is 176 Å². The Morgan fingerprint density at radius 1 is 1.07 bits per heavy atom. The summed E-state index contributed by atoms with van der Waals surface area (Å²) >= 11 is 10.9. The van der Waals surface area contributed by atoms with Crippen molar-refractivity contribution >= 4 is 52.6 Å². The van der Waals surface area contributed by atoms with Crippen molar-refractivity contribution in [2.45, 2.75) is 0 Å². The fourth-order valence-electron chi connectivity index (χ4n) is 2.42. The summed E-state index contributed by atoms with van der Waals surface area (Å²) in [6.07, 6.45) is 2.80. The van der Waals surface area contributed by atoms with Crippen molar-refractivity contribution < 1.29 is 19.1 Å². The molecule has 0 saturated heterocycles. The second-order valence-corrected chi connectivity index (χ2v) is 6.72. The normalized spacial score (nSPS) is 10.7.